The van der Waals surface area contributed by atoms with E-state index in [1.807, 2.05) is 0 Å². The van der Waals surface area contributed by atoms with Gasteiger partial charge in [-0.05, 0) is 57.4 Å². The highest BCUT2D eigenvalue weighted by Crippen LogP contribution is 2.23. The Morgan fingerprint density at radius 3 is 2.39 bits per heavy atom. The van der Waals surface area contributed by atoms with Crippen molar-refractivity contribution < 1.29 is 25.1 Å². The second-order valence-electron chi connectivity index (χ2n) is 6.73. The molecule has 0 aliphatic carbocycles. The molecule has 0 aromatic carbocycles. The number of aliphatic carboxylic acids is 1. The maximum absolute atomic E-state index is 11.5. The molecule has 1 aliphatic heterocycles. The van der Waals surface area contributed by atoms with Crippen molar-refractivity contribution in [1.29, 1.82) is 0 Å². The van der Waals surface area contributed by atoms with E-state index in [-0.39, 0.29) is 12.9 Å². The van der Waals surface area contributed by atoms with Crippen molar-refractivity contribution in [3.8, 4) is 0 Å². The van der Waals surface area contributed by atoms with Crippen LogP contribution < -0.4 is 5.73 Å². The largest absolute Gasteiger partial charge is 0.480 e. The standard InChI is InChI=1S/C15H31BN2O5/c17-15(14(20)21,6-1-2-8-16(22)23)7-11-18-9-3-13(4-10-18)5-12-19/h13,19,22-23H,1-12,17H2,(H,20,21). The van der Waals surface area contributed by atoms with E-state index >= 15 is 0 Å². The maximum Gasteiger partial charge on any atom is 0.451 e. The minimum atomic E-state index is -1.34. The van der Waals surface area contributed by atoms with Gasteiger partial charge >= 0.3 is 13.1 Å². The second kappa shape index (κ2) is 10.3. The molecule has 0 aromatic heterocycles. The van der Waals surface area contributed by atoms with Gasteiger partial charge in [0.15, 0.2) is 0 Å². The van der Waals surface area contributed by atoms with Crippen LogP contribution in [0.25, 0.3) is 0 Å². The molecule has 1 rings (SSSR count). The van der Waals surface area contributed by atoms with E-state index in [4.69, 9.17) is 20.9 Å². The number of likely N-dealkylation sites (tertiary alicyclic amines) is 1. The molecule has 0 amide bonds. The fraction of sp³-hybridized carbons (Fsp3) is 0.933. The molecule has 23 heavy (non-hydrogen) atoms. The lowest BCUT2D eigenvalue weighted by molar-refractivity contribution is -0.144. The first kappa shape index (κ1) is 20.4. The Balaban J connectivity index is 2.33. The van der Waals surface area contributed by atoms with Gasteiger partial charge in [0.25, 0.3) is 0 Å². The predicted molar refractivity (Wildman–Crippen MR) is 88.9 cm³/mol. The van der Waals surface area contributed by atoms with Crippen LogP contribution in [-0.4, -0.2) is 70.0 Å². The van der Waals surface area contributed by atoms with Crippen LogP contribution in [0.2, 0.25) is 6.32 Å². The Bertz CT molecular complexity index is 351. The molecule has 6 N–H and O–H groups in total. The number of hydrogen-bond acceptors (Lipinski definition) is 6. The van der Waals surface area contributed by atoms with Crippen molar-refractivity contribution in [3.63, 3.8) is 0 Å². The average molecular weight is 330 g/mol. The third kappa shape index (κ3) is 7.63. The molecule has 0 radical (unpaired) electrons. The van der Waals surface area contributed by atoms with Gasteiger partial charge in [0.2, 0.25) is 0 Å². The fourth-order valence-corrected chi connectivity index (χ4v) is 3.15. The number of unbranched alkanes of at least 4 members (excludes halogenated alkanes) is 1. The summed E-state index contributed by atoms with van der Waals surface area (Å²) < 4.78 is 0. The van der Waals surface area contributed by atoms with E-state index in [2.05, 4.69) is 4.90 Å². The summed E-state index contributed by atoms with van der Waals surface area (Å²) in [6.07, 6.45) is 5.04. The Hall–Kier alpha value is -0.665. The number of aliphatic hydroxyl groups is 1. The summed E-state index contributed by atoms with van der Waals surface area (Å²) >= 11 is 0. The molecule has 7 nitrogen and oxygen atoms in total. The van der Waals surface area contributed by atoms with E-state index in [0.29, 0.717) is 38.1 Å². The van der Waals surface area contributed by atoms with Crippen molar-refractivity contribution in [2.45, 2.75) is 56.8 Å². The normalized spacial score (nSPS) is 19.5. The number of nitrogens with zero attached hydrogens (tertiary/aromatic N) is 1. The number of carboxylic acids is 1. The minimum Gasteiger partial charge on any atom is -0.480 e. The molecular formula is C15H31BN2O5. The molecule has 8 heteroatoms. The van der Waals surface area contributed by atoms with Gasteiger partial charge in [-0.3, -0.25) is 4.79 Å². The molecule has 0 aromatic rings. The van der Waals surface area contributed by atoms with Gasteiger partial charge in [0.1, 0.15) is 5.54 Å². The van der Waals surface area contributed by atoms with Crippen LogP contribution in [0, 0.1) is 5.92 Å². The van der Waals surface area contributed by atoms with E-state index in [9.17, 15) is 9.90 Å². The molecule has 1 atom stereocenters. The molecule has 134 valence electrons. The average Bonchev–Trinajstić information content (AvgIpc) is 2.51. The molecule has 0 spiro atoms. The van der Waals surface area contributed by atoms with Gasteiger partial charge in [0, 0.05) is 13.2 Å². The van der Waals surface area contributed by atoms with Crippen molar-refractivity contribution in [1.82, 2.24) is 4.90 Å². The fourth-order valence-electron chi connectivity index (χ4n) is 3.15. The second-order valence-corrected chi connectivity index (χ2v) is 6.73. The Labute approximate surface area is 138 Å². The third-order valence-corrected chi connectivity index (χ3v) is 4.88. The van der Waals surface area contributed by atoms with E-state index in [0.717, 1.165) is 32.4 Å². The maximum atomic E-state index is 11.5. The van der Waals surface area contributed by atoms with Crippen molar-refractivity contribution in [2.24, 2.45) is 11.7 Å². The van der Waals surface area contributed by atoms with E-state index in [1.165, 1.54) is 0 Å². The monoisotopic (exact) mass is 330 g/mol. The molecule has 1 unspecified atom stereocenters. The van der Waals surface area contributed by atoms with Crippen LogP contribution in [0.15, 0.2) is 0 Å². The summed E-state index contributed by atoms with van der Waals surface area (Å²) in [7, 11) is -1.34. The van der Waals surface area contributed by atoms with Crippen LogP contribution in [-0.2, 0) is 4.79 Å². The van der Waals surface area contributed by atoms with Crippen LogP contribution in [0.4, 0.5) is 0 Å². The zero-order valence-corrected chi connectivity index (χ0v) is 13.9. The van der Waals surface area contributed by atoms with Crippen molar-refractivity contribution in [2.75, 3.05) is 26.2 Å². The number of rotatable bonds is 11. The van der Waals surface area contributed by atoms with Gasteiger partial charge in [0.05, 0.1) is 0 Å². The highest BCUT2D eigenvalue weighted by molar-refractivity contribution is 6.40. The smallest absolute Gasteiger partial charge is 0.451 e. The van der Waals surface area contributed by atoms with Gasteiger partial charge in [-0.1, -0.05) is 12.8 Å². The van der Waals surface area contributed by atoms with Crippen molar-refractivity contribution >= 4 is 13.1 Å². The predicted octanol–water partition coefficient (Wildman–Crippen LogP) is -0.104. The first-order valence-corrected chi connectivity index (χ1v) is 8.59. The summed E-state index contributed by atoms with van der Waals surface area (Å²) in [6, 6.07) is 0. The minimum absolute atomic E-state index is 0.234. The number of hydrogen-bond donors (Lipinski definition) is 5. The summed E-state index contributed by atoms with van der Waals surface area (Å²) in [5.41, 5.74) is 4.82. The Kier molecular flexibility index (Phi) is 9.08. The molecule has 1 aliphatic rings. The molecule has 0 bridgehead atoms. The summed E-state index contributed by atoms with van der Waals surface area (Å²) in [5, 5.41) is 36.0. The first-order valence-electron chi connectivity index (χ1n) is 8.59. The van der Waals surface area contributed by atoms with E-state index in [1.54, 1.807) is 0 Å². The van der Waals surface area contributed by atoms with Crippen LogP contribution >= 0.6 is 0 Å². The zero-order valence-electron chi connectivity index (χ0n) is 13.9. The SMILES string of the molecule is NC(CCCCB(O)O)(CCN1CCC(CCO)CC1)C(=O)O. The molecule has 0 saturated carbocycles. The number of aliphatic hydroxyl groups excluding tert-OH is 1. The van der Waals surface area contributed by atoms with E-state index < -0.39 is 18.6 Å². The highest BCUT2D eigenvalue weighted by atomic mass is 16.4. The summed E-state index contributed by atoms with van der Waals surface area (Å²) in [4.78, 5) is 13.7. The Morgan fingerprint density at radius 1 is 1.22 bits per heavy atom. The molecule has 1 saturated heterocycles. The molecule has 1 heterocycles. The number of carbonyl (C=O) groups is 1. The summed E-state index contributed by atoms with van der Waals surface area (Å²) in [5.74, 6) is -0.416. The van der Waals surface area contributed by atoms with Gasteiger partial charge < -0.3 is 30.9 Å². The highest BCUT2D eigenvalue weighted by Gasteiger charge is 2.34. The number of piperidine rings is 1. The van der Waals surface area contributed by atoms with Crippen LogP contribution in [0.5, 0.6) is 0 Å². The Morgan fingerprint density at radius 2 is 1.87 bits per heavy atom. The zero-order chi connectivity index (χ0) is 17.3. The van der Waals surface area contributed by atoms with Gasteiger partial charge in [-0.15, -0.1) is 0 Å². The lowest BCUT2D eigenvalue weighted by Crippen LogP contribution is -2.50. The summed E-state index contributed by atoms with van der Waals surface area (Å²) in [6.45, 7) is 2.75. The first-order chi connectivity index (χ1) is 10.9. The lowest BCUT2D eigenvalue weighted by atomic mass is 9.81. The van der Waals surface area contributed by atoms with Gasteiger partial charge in [-0.25, -0.2) is 0 Å². The van der Waals surface area contributed by atoms with Crippen molar-refractivity contribution in [3.05, 3.63) is 0 Å². The number of nitrogens with two attached hydrogens (primary N) is 1. The quantitative estimate of drug-likeness (QED) is 0.264. The number of carboxylic acid groups (broad SMARTS) is 1. The van der Waals surface area contributed by atoms with Crippen LogP contribution in [0.1, 0.15) is 44.9 Å². The van der Waals surface area contributed by atoms with Gasteiger partial charge in [-0.2, -0.15) is 0 Å². The molecule has 1 fully saturated rings. The third-order valence-electron chi connectivity index (χ3n) is 4.88. The molecular weight excluding hydrogens is 299 g/mol. The lowest BCUT2D eigenvalue weighted by Gasteiger charge is -2.34. The van der Waals surface area contributed by atoms with Crippen LogP contribution in [0.3, 0.4) is 0 Å². The topological polar surface area (TPSA) is 127 Å².